The summed E-state index contributed by atoms with van der Waals surface area (Å²) in [6.07, 6.45) is 2.47. The first kappa shape index (κ1) is 17.7. The fraction of sp³-hybridized carbons (Fsp3) is 0.438. The average Bonchev–Trinajstić information content (AvgIpc) is 3.27. The van der Waals surface area contributed by atoms with Crippen molar-refractivity contribution >= 4 is 59.7 Å². The van der Waals surface area contributed by atoms with Crippen molar-refractivity contribution in [3.63, 3.8) is 0 Å². The quantitative estimate of drug-likeness (QED) is 0.692. The number of anilines is 2. The van der Waals surface area contributed by atoms with Gasteiger partial charge < -0.3 is 4.90 Å². The van der Waals surface area contributed by atoms with Crippen LogP contribution in [0.1, 0.15) is 18.9 Å². The lowest BCUT2D eigenvalue weighted by atomic mass is 9.82. The summed E-state index contributed by atoms with van der Waals surface area (Å²) in [5.41, 5.74) is 2.06. The van der Waals surface area contributed by atoms with Crippen LogP contribution in [0.25, 0.3) is 0 Å². The Morgan fingerprint density at radius 3 is 2.88 bits per heavy atom. The first-order valence-electron chi connectivity index (χ1n) is 8.01. The normalized spacial score (nSPS) is 23.6. The van der Waals surface area contributed by atoms with E-state index in [-0.39, 0.29) is 11.2 Å². The van der Waals surface area contributed by atoms with Crippen LogP contribution < -0.4 is 4.90 Å². The Bertz CT molecular complexity index is 933. The first-order valence-corrected chi connectivity index (χ1v) is 11.6. The molecule has 0 amide bonds. The van der Waals surface area contributed by atoms with E-state index in [1.807, 2.05) is 6.07 Å². The van der Waals surface area contributed by atoms with Gasteiger partial charge in [-0.05, 0) is 37.1 Å². The Morgan fingerprint density at radius 2 is 2.20 bits per heavy atom. The van der Waals surface area contributed by atoms with Gasteiger partial charge in [0, 0.05) is 35.2 Å². The minimum absolute atomic E-state index is 0.139. The standard InChI is InChI=1S/C16H17BrClN3O2S2/c1-2-25(22,23)20-6-5-16(9-20)10-21(15-19-8-14(18)24-15)13-4-3-11(17)7-12(13)16/h3-4,7-8H,2,5-6,9-10H2,1H3. The molecule has 0 radical (unpaired) electrons. The number of hydrogen-bond acceptors (Lipinski definition) is 5. The van der Waals surface area contributed by atoms with Gasteiger partial charge in [0.1, 0.15) is 4.34 Å². The highest BCUT2D eigenvalue weighted by Gasteiger charge is 2.50. The monoisotopic (exact) mass is 461 g/mol. The van der Waals surface area contributed by atoms with Gasteiger partial charge in [-0.2, -0.15) is 0 Å². The number of aromatic nitrogens is 1. The maximum absolute atomic E-state index is 12.4. The maximum Gasteiger partial charge on any atom is 0.213 e. The molecule has 0 aliphatic carbocycles. The van der Waals surface area contributed by atoms with Gasteiger partial charge in [-0.3, -0.25) is 0 Å². The Labute approximate surface area is 164 Å². The largest absolute Gasteiger partial charge is 0.317 e. The van der Waals surface area contributed by atoms with Crippen LogP contribution in [0.3, 0.4) is 0 Å². The highest BCUT2D eigenvalue weighted by atomic mass is 79.9. The number of fused-ring (bicyclic) bond motifs is 2. The van der Waals surface area contributed by atoms with Crippen LogP contribution in [0, 0.1) is 0 Å². The lowest BCUT2D eigenvalue weighted by Crippen LogP contribution is -2.37. The van der Waals surface area contributed by atoms with Crippen LogP contribution in [0.4, 0.5) is 10.8 Å². The zero-order chi connectivity index (χ0) is 17.8. The van der Waals surface area contributed by atoms with Crippen molar-refractivity contribution in [2.45, 2.75) is 18.8 Å². The van der Waals surface area contributed by atoms with E-state index in [9.17, 15) is 8.42 Å². The summed E-state index contributed by atoms with van der Waals surface area (Å²) in [5.74, 6) is 0.139. The summed E-state index contributed by atoms with van der Waals surface area (Å²) in [4.78, 5) is 6.59. The topological polar surface area (TPSA) is 53.5 Å². The smallest absolute Gasteiger partial charge is 0.213 e. The minimum atomic E-state index is -3.18. The van der Waals surface area contributed by atoms with E-state index in [0.29, 0.717) is 17.4 Å². The van der Waals surface area contributed by atoms with Gasteiger partial charge >= 0.3 is 0 Å². The highest BCUT2D eigenvalue weighted by Crippen LogP contribution is 2.51. The van der Waals surface area contributed by atoms with Crippen LogP contribution >= 0.6 is 38.9 Å². The van der Waals surface area contributed by atoms with Crippen molar-refractivity contribution in [1.82, 2.24) is 9.29 Å². The molecule has 1 saturated heterocycles. The molecule has 1 aromatic heterocycles. The fourth-order valence-electron chi connectivity index (χ4n) is 3.79. The van der Waals surface area contributed by atoms with Gasteiger partial charge in [-0.15, -0.1) is 0 Å². The number of hydrogen-bond donors (Lipinski definition) is 0. The van der Waals surface area contributed by atoms with Crippen molar-refractivity contribution in [3.8, 4) is 0 Å². The summed E-state index contributed by atoms with van der Waals surface area (Å²) < 4.78 is 28.0. The van der Waals surface area contributed by atoms with Crippen molar-refractivity contribution < 1.29 is 8.42 Å². The van der Waals surface area contributed by atoms with Crippen LogP contribution in [-0.4, -0.2) is 43.1 Å². The predicted molar refractivity (Wildman–Crippen MR) is 106 cm³/mol. The van der Waals surface area contributed by atoms with E-state index >= 15 is 0 Å². The molecule has 1 spiro atoms. The molecule has 1 aromatic carbocycles. The Hall–Kier alpha value is -0.670. The number of sulfonamides is 1. The lowest BCUT2D eigenvalue weighted by molar-refractivity contribution is 0.435. The van der Waals surface area contributed by atoms with Gasteiger partial charge in [-0.25, -0.2) is 17.7 Å². The minimum Gasteiger partial charge on any atom is -0.317 e. The molecule has 9 heteroatoms. The SMILES string of the molecule is CCS(=O)(=O)N1CCC2(CN(c3ncc(Cl)s3)c3ccc(Br)cc32)C1. The van der Waals surface area contributed by atoms with E-state index in [1.165, 1.54) is 16.9 Å². The summed E-state index contributed by atoms with van der Waals surface area (Å²) in [6.45, 7) is 3.50. The van der Waals surface area contributed by atoms with E-state index in [1.54, 1.807) is 17.4 Å². The number of rotatable bonds is 3. The molecule has 1 atom stereocenters. The van der Waals surface area contributed by atoms with Gasteiger partial charge in [0.2, 0.25) is 10.0 Å². The van der Waals surface area contributed by atoms with Gasteiger partial charge in [0.15, 0.2) is 5.13 Å². The molecule has 0 N–H and O–H groups in total. The maximum atomic E-state index is 12.4. The van der Waals surface area contributed by atoms with Crippen LogP contribution in [-0.2, 0) is 15.4 Å². The molecule has 4 rings (SSSR count). The zero-order valence-electron chi connectivity index (χ0n) is 13.6. The molecule has 0 saturated carbocycles. The van der Waals surface area contributed by atoms with Crippen molar-refractivity contribution in [2.24, 2.45) is 0 Å². The molecule has 2 aliphatic heterocycles. The van der Waals surface area contributed by atoms with Crippen molar-refractivity contribution in [2.75, 3.05) is 30.3 Å². The Balaban J connectivity index is 1.77. The molecular weight excluding hydrogens is 446 g/mol. The van der Waals surface area contributed by atoms with Gasteiger partial charge in [-0.1, -0.05) is 38.9 Å². The fourth-order valence-corrected chi connectivity index (χ4v) is 6.24. The third kappa shape index (κ3) is 2.92. The Morgan fingerprint density at radius 1 is 1.40 bits per heavy atom. The van der Waals surface area contributed by atoms with Crippen LogP contribution in [0.2, 0.25) is 4.34 Å². The van der Waals surface area contributed by atoms with Crippen LogP contribution in [0.5, 0.6) is 0 Å². The first-order chi connectivity index (χ1) is 11.8. The molecule has 1 unspecified atom stereocenters. The molecular formula is C16H17BrClN3O2S2. The molecule has 3 heterocycles. The summed E-state index contributed by atoms with van der Waals surface area (Å²) in [6, 6.07) is 6.20. The van der Waals surface area contributed by atoms with Crippen molar-refractivity contribution in [3.05, 3.63) is 38.8 Å². The number of nitrogens with zero attached hydrogens (tertiary/aromatic N) is 3. The molecule has 25 heavy (non-hydrogen) atoms. The summed E-state index contributed by atoms with van der Waals surface area (Å²) >= 11 is 11.1. The third-order valence-electron chi connectivity index (χ3n) is 5.05. The molecule has 134 valence electrons. The number of benzene rings is 1. The summed E-state index contributed by atoms with van der Waals surface area (Å²) in [5, 5.41) is 0.849. The van der Waals surface area contributed by atoms with E-state index in [0.717, 1.165) is 28.3 Å². The second-order valence-corrected chi connectivity index (χ2v) is 11.3. The third-order valence-corrected chi connectivity index (χ3v) is 8.51. The van der Waals surface area contributed by atoms with Gasteiger partial charge in [0.05, 0.1) is 11.9 Å². The molecule has 5 nitrogen and oxygen atoms in total. The average molecular weight is 463 g/mol. The lowest BCUT2D eigenvalue weighted by Gasteiger charge is -2.25. The number of halogens is 2. The molecule has 2 aliphatic rings. The second-order valence-electron chi connectivity index (χ2n) is 6.46. The molecule has 2 aromatic rings. The van der Waals surface area contributed by atoms with E-state index in [4.69, 9.17) is 11.6 Å². The highest BCUT2D eigenvalue weighted by molar-refractivity contribution is 9.10. The molecule has 0 bridgehead atoms. The van der Waals surface area contributed by atoms with E-state index < -0.39 is 10.0 Å². The second kappa shape index (κ2) is 6.20. The number of thiazole rings is 1. The molecule has 1 fully saturated rings. The zero-order valence-corrected chi connectivity index (χ0v) is 17.6. The Kier molecular flexibility index (Phi) is 4.39. The van der Waals surface area contributed by atoms with Gasteiger partial charge in [0.25, 0.3) is 0 Å². The summed E-state index contributed by atoms with van der Waals surface area (Å²) in [7, 11) is -3.18. The van der Waals surface area contributed by atoms with Crippen LogP contribution in [0.15, 0.2) is 28.9 Å². The predicted octanol–water partition coefficient (Wildman–Crippen LogP) is 4.00. The van der Waals surface area contributed by atoms with Crippen molar-refractivity contribution in [1.29, 1.82) is 0 Å². The van der Waals surface area contributed by atoms with E-state index in [2.05, 4.69) is 37.9 Å².